The lowest BCUT2D eigenvalue weighted by Crippen LogP contribution is -2.26. The Labute approximate surface area is 140 Å². The minimum atomic E-state index is -0.152. The molecule has 0 aliphatic carbocycles. The van der Waals surface area contributed by atoms with E-state index in [9.17, 15) is 0 Å². The highest BCUT2D eigenvalue weighted by Gasteiger charge is 2.20. The zero-order valence-corrected chi connectivity index (χ0v) is 14.0. The molecule has 1 aliphatic rings. The molecule has 1 saturated heterocycles. The van der Waals surface area contributed by atoms with Crippen LogP contribution < -0.4 is 5.73 Å². The first-order chi connectivity index (χ1) is 11.3. The summed E-state index contributed by atoms with van der Waals surface area (Å²) in [6.45, 7) is 4.47. The van der Waals surface area contributed by atoms with Crippen LogP contribution in [0.25, 0.3) is 11.0 Å². The number of benzene rings is 1. The largest absolute Gasteiger partial charge is 0.325 e. The number of rotatable bonds is 5. The molecular weight excluding hydrogens is 304 g/mol. The van der Waals surface area contributed by atoms with Crippen molar-refractivity contribution in [3.63, 3.8) is 0 Å². The Kier molecular flexibility index (Phi) is 4.16. The van der Waals surface area contributed by atoms with Gasteiger partial charge in [0.25, 0.3) is 0 Å². The number of fused-ring (bicyclic) bond motifs is 1. The number of thiophene rings is 1. The van der Waals surface area contributed by atoms with Gasteiger partial charge in [-0.1, -0.05) is 18.2 Å². The Balaban J connectivity index is 1.69. The third-order valence-electron chi connectivity index (χ3n) is 4.65. The molecule has 1 fully saturated rings. The Morgan fingerprint density at radius 1 is 1.09 bits per heavy atom. The van der Waals surface area contributed by atoms with Crippen molar-refractivity contribution in [1.82, 2.24) is 14.5 Å². The van der Waals surface area contributed by atoms with Crippen molar-refractivity contribution >= 4 is 22.4 Å². The van der Waals surface area contributed by atoms with Crippen LogP contribution in [0.3, 0.4) is 0 Å². The van der Waals surface area contributed by atoms with E-state index in [0.717, 1.165) is 24.4 Å². The molecule has 4 rings (SSSR count). The van der Waals surface area contributed by atoms with Gasteiger partial charge in [-0.15, -0.1) is 11.3 Å². The third-order valence-corrected chi connectivity index (χ3v) is 5.61. The molecule has 23 heavy (non-hydrogen) atoms. The second-order valence-electron chi connectivity index (χ2n) is 6.15. The summed E-state index contributed by atoms with van der Waals surface area (Å²) in [6, 6.07) is 12.3. The average Bonchev–Trinajstić information content (AvgIpc) is 3.31. The predicted molar refractivity (Wildman–Crippen MR) is 95.8 cm³/mol. The summed E-state index contributed by atoms with van der Waals surface area (Å²) < 4.78 is 2.32. The van der Waals surface area contributed by atoms with Crippen LogP contribution in [0.2, 0.25) is 0 Å². The molecule has 0 spiro atoms. The van der Waals surface area contributed by atoms with E-state index in [1.165, 1.54) is 36.3 Å². The fourth-order valence-electron chi connectivity index (χ4n) is 3.41. The summed E-state index contributed by atoms with van der Waals surface area (Å²) in [5.74, 6) is 0.979. The number of imidazole rings is 1. The summed E-state index contributed by atoms with van der Waals surface area (Å²) in [5.41, 5.74) is 8.75. The van der Waals surface area contributed by atoms with Gasteiger partial charge >= 0.3 is 0 Å². The second-order valence-corrected chi connectivity index (χ2v) is 7.13. The molecule has 1 aromatic carbocycles. The van der Waals surface area contributed by atoms with E-state index < -0.39 is 0 Å². The Morgan fingerprint density at radius 3 is 2.70 bits per heavy atom. The molecule has 5 heteroatoms. The van der Waals surface area contributed by atoms with Crippen molar-refractivity contribution in [2.75, 3.05) is 19.6 Å². The first kappa shape index (κ1) is 14.9. The van der Waals surface area contributed by atoms with Crippen LogP contribution in [-0.2, 0) is 6.54 Å². The number of para-hydroxylation sites is 2. The monoisotopic (exact) mass is 326 g/mol. The molecule has 0 radical (unpaired) electrons. The molecule has 0 saturated carbocycles. The zero-order valence-electron chi connectivity index (χ0n) is 13.2. The number of nitrogens with zero attached hydrogens (tertiary/aromatic N) is 3. The lowest BCUT2D eigenvalue weighted by Gasteiger charge is -2.18. The van der Waals surface area contributed by atoms with Crippen molar-refractivity contribution in [2.24, 2.45) is 5.73 Å². The standard InChI is InChI=1S/C18H22N4S/c19-17(16-8-5-13-23-16)18-20-14-6-1-2-7-15(14)22(18)12-11-21-9-3-4-10-21/h1-2,5-8,13,17H,3-4,9-12,19H2. The molecule has 2 aromatic heterocycles. The second kappa shape index (κ2) is 6.43. The number of hydrogen-bond donors (Lipinski definition) is 1. The molecule has 1 atom stereocenters. The molecule has 1 aliphatic heterocycles. The highest BCUT2D eigenvalue weighted by atomic mass is 32.1. The van der Waals surface area contributed by atoms with Gasteiger partial charge in [0.15, 0.2) is 0 Å². The summed E-state index contributed by atoms with van der Waals surface area (Å²) in [6.07, 6.45) is 2.65. The van der Waals surface area contributed by atoms with E-state index in [1.54, 1.807) is 11.3 Å². The van der Waals surface area contributed by atoms with Crippen LogP contribution >= 0.6 is 11.3 Å². The van der Waals surface area contributed by atoms with Crippen molar-refractivity contribution in [3.8, 4) is 0 Å². The van der Waals surface area contributed by atoms with Gasteiger partial charge in [0.1, 0.15) is 5.82 Å². The van der Waals surface area contributed by atoms with Crippen LogP contribution in [0.15, 0.2) is 41.8 Å². The van der Waals surface area contributed by atoms with Gasteiger partial charge in [0, 0.05) is 18.0 Å². The molecule has 0 amide bonds. The predicted octanol–water partition coefficient (Wildman–Crippen LogP) is 3.24. The first-order valence-electron chi connectivity index (χ1n) is 8.29. The smallest absolute Gasteiger partial charge is 0.132 e. The summed E-state index contributed by atoms with van der Waals surface area (Å²) in [7, 11) is 0. The van der Waals surface area contributed by atoms with Crippen LogP contribution in [0.4, 0.5) is 0 Å². The maximum atomic E-state index is 6.52. The number of nitrogens with two attached hydrogens (primary N) is 1. The molecule has 1 unspecified atom stereocenters. The molecule has 3 heterocycles. The minimum Gasteiger partial charge on any atom is -0.325 e. The van der Waals surface area contributed by atoms with Gasteiger partial charge in [-0.2, -0.15) is 0 Å². The Morgan fingerprint density at radius 2 is 1.91 bits per heavy atom. The van der Waals surface area contributed by atoms with E-state index in [4.69, 9.17) is 10.7 Å². The average molecular weight is 326 g/mol. The van der Waals surface area contributed by atoms with E-state index in [2.05, 4.69) is 45.2 Å². The van der Waals surface area contributed by atoms with E-state index in [0.29, 0.717) is 0 Å². The van der Waals surface area contributed by atoms with Gasteiger partial charge in [0.05, 0.1) is 17.1 Å². The maximum absolute atomic E-state index is 6.52. The number of likely N-dealkylation sites (tertiary alicyclic amines) is 1. The molecule has 120 valence electrons. The molecule has 4 nitrogen and oxygen atoms in total. The summed E-state index contributed by atoms with van der Waals surface area (Å²) in [5, 5.41) is 2.08. The maximum Gasteiger partial charge on any atom is 0.132 e. The summed E-state index contributed by atoms with van der Waals surface area (Å²) >= 11 is 1.70. The molecule has 3 aromatic rings. The third kappa shape index (κ3) is 2.92. The topological polar surface area (TPSA) is 47.1 Å². The lowest BCUT2D eigenvalue weighted by molar-refractivity contribution is 0.322. The Hall–Kier alpha value is -1.69. The van der Waals surface area contributed by atoms with Gasteiger partial charge in [0.2, 0.25) is 0 Å². The SMILES string of the molecule is NC(c1cccs1)c1nc2ccccc2n1CCN1CCCC1. The van der Waals surface area contributed by atoms with E-state index >= 15 is 0 Å². The van der Waals surface area contributed by atoms with Crippen LogP contribution in [-0.4, -0.2) is 34.1 Å². The number of aromatic nitrogens is 2. The van der Waals surface area contributed by atoms with Crippen LogP contribution in [0.5, 0.6) is 0 Å². The van der Waals surface area contributed by atoms with Crippen molar-refractivity contribution in [2.45, 2.75) is 25.4 Å². The normalized spacial score (nSPS) is 17.1. The van der Waals surface area contributed by atoms with Crippen molar-refractivity contribution in [1.29, 1.82) is 0 Å². The van der Waals surface area contributed by atoms with Crippen molar-refractivity contribution in [3.05, 3.63) is 52.5 Å². The highest BCUT2D eigenvalue weighted by Crippen LogP contribution is 2.26. The van der Waals surface area contributed by atoms with E-state index in [1.807, 2.05) is 6.07 Å². The molecule has 2 N–H and O–H groups in total. The molecule has 0 bridgehead atoms. The van der Waals surface area contributed by atoms with E-state index in [-0.39, 0.29) is 6.04 Å². The molecular formula is C18H22N4S. The summed E-state index contributed by atoms with van der Waals surface area (Å²) in [4.78, 5) is 8.55. The zero-order chi connectivity index (χ0) is 15.6. The quantitative estimate of drug-likeness (QED) is 0.783. The van der Waals surface area contributed by atoms with Gasteiger partial charge in [-0.25, -0.2) is 4.98 Å². The van der Waals surface area contributed by atoms with Gasteiger partial charge < -0.3 is 15.2 Å². The Bertz CT molecular complexity index is 772. The minimum absolute atomic E-state index is 0.152. The number of hydrogen-bond acceptors (Lipinski definition) is 4. The van der Waals surface area contributed by atoms with Crippen molar-refractivity contribution < 1.29 is 0 Å². The fraction of sp³-hybridized carbons (Fsp3) is 0.389. The van der Waals surface area contributed by atoms with Gasteiger partial charge in [-0.05, 0) is 49.5 Å². The highest BCUT2D eigenvalue weighted by molar-refractivity contribution is 7.10. The fourth-order valence-corrected chi connectivity index (χ4v) is 4.13. The van der Waals surface area contributed by atoms with Crippen LogP contribution in [0.1, 0.15) is 29.6 Å². The van der Waals surface area contributed by atoms with Gasteiger partial charge in [-0.3, -0.25) is 0 Å². The lowest BCUT2D eigenvalue weighted by atomic mass is 10.2. The van der Waals surface area contributed by atoms with Crippen LogP contribution in [0, 0.1) is 0 Å². The first-order valence-corrected chi connectivity index (χ1v) is 9.17.